The third-order valence-electron chi connectivity index (χ3n) is 5.33. The number of carbonyl (C=O) groups excluding carboxylic acids is 2. The summed E-state index contributed by atoms with van der Waals surface area (Å²) in [7, 11) is -3.91. The number of hydrogen-bond donors (Lipinski definition) is 3. The molecule has 0 unspecified atom stereocenters. The topological polar surface area (TPSA) is 156 Å². The van der Waals surface area contributed by atoms with Crippen LogP contribution in [0.1, 0.15) is 27.4 Å². The van der Waals surface area contributed by atoms with Crippen molar-refractivity contribution in [2.75, 3.05) is 16.6 Å². The van der Waals surface area contributed by atoms with Crippen molar-refractivity contribution in [2.24, 2.45) is 0 Å². The van der Waals surface area contributed by atoms with Gasteiger partial charge in [0.15, 0.2) is 6.61 Å². The van der Waals surface area contributed by atoms with Crippen molar-refractivity contribution in [3.63, 3.8) is 0 Å². The van der Waals surface area contributed by atoms with Gasteiger partial charge in [-0.2, -0.15) is 0 Å². The summed E-state index contributed by atoms with van der Waals surface area (Å²) in [4.78, 5) is 40.0. The van der Waals surface area contributed by atoms with Gasteiger partial charge in [-0.15, -0.1) is 0 Å². The lowest BCUT2D eigenvalue weighted by Gasteiger charge is -2.09. The van der Waals surface area contributed by atoms with E-state index in [2.05, 4.69) is 30.0 Å². The summed E-state index contributed by atoms with van der Waals surface area (Å²) in [6, 6.07) is 13.8. The first-order valence-electron chi connectivity index (χ1n) is 11.1. The van der Waals surface area contributed by atoms with E-state index in [0.717, 1.165) is 17.0 Å². The second-order valence-electron chi connectivity index (χ2n) is 8.15. The van der Waals surface area contributed by atoms with Crippen molar-refractivity contribution < 1.29 is 22.7 Å². The van der Waals surface area contributed by atoms with Gasteiger partial charge >= 0.3 is 5.97 Å². The predicted octanol–water partition coefficient (Wildman–Crippen LogP) is 3.39. The van der Waals surface area contributed by atoms with Crippen LogP contribution in [0.4, 0.5) is 11.6 Å². The van der Waals surface area contributed by atoms with Gasteiger partial charge in [0.2, 0.25) is 5.95 Å². The second kappa shape index (κ2) is 10.6. The molecule has 0 saturated heterocycles. The number of anilines is 2. The van der Waals surface area contributed by atoms with Crippen LogP contribution >= 0.6 is 0 Å². The van der Waals surface area contributed by atoms with Gasteiger partial charge in [0.05, 0.1) is 16.2 Å². The molecule has 12 heteroatoms. The third-order valence-corrected chi connectivity index (χ3v) is 6.67. The van der Waals surface area contributed by atoms with Crippen molar-refractivity contribution in [1.29, 1.82) is 0 Å². The smallest absolute Gasteiger partial charge is 0.338 e. The fourth-order valence-electron chi connectivity index (χ4n) is 3.25. The van der Waals surface area contributed by atoms with Gasteiger partial charge in [-0.3, -0.25) is 4.79 Å². The number of aromatic nitrogens is 4. The van der Waals surface area contributed by atoms with E-state index in [-0.39, 0.29) is 16.4 Å². The van der Waals surface area contributed by atoms with Crippen LogP contribution in [-0.4, -0.2) is 46.8 Å². The zero-order valence-electron chi connectivity index (χ0n) is 20.3. The summed E-state index contributed by atoms with van der Waals surface area (Å²) in [6.45, 7) is 5.04. The number of amides is 1. The van der Waals surface area contributed by atoms with Crippen LogP contribution in [0, 0.1) is 20.8 Å². The number of aryl methyl sites for hydroxylation is 3. The van der Waals surface area contributed by atoms with Crippen LogP contribution in [-0.2, 0) is 19.6 Å². The number of esters is 1. The van der Waals surface area contributed by atoms with Gasteiger partial charge in [0.1, 0.15) is 5.82 Å². The minimum atomic E-state index is -3.91. The van der Waals surface area contributed by atoms with Gasteiger partial charge in [0.25, 0.3) is 15.9 Å². The Morgan fingerprint density at radius 3 is 2.27 bits per heavy atom. The number of sulfonamides is 1. The molecule has 11 nitrogen and oxygen atoms in total. The average molecular weight is 521 g/mol. The summed E-state index contributed by atoms with van der Waals surface area (Å²) in [5.41, 5.74) is 3.92. The van der Waals surface area contributed by atoms with Crippen molar-refractivity contribution in [3.05, 3.63) is 83.4 Å². The molecule has 4 rings (SSSR count). The zero-order valence-corrected chi connectivity index (χ0v) is 21.1. The zero-order chi connectivity index (χ0) is 26.6. The maximum absolute atomic E-state index is 12.5. The Balaban J connectivity index is 1.30. The largest absolute Gasteiger partial charge is 0.452 e. The minimum Gasteiger partial charge on any atom is -0.452 e. The first-order chi connectivity index (χ1) is 17.6. The molecule has 2 aromatic heterocycles. The molecule has 2 heterocycles. The summed E-state index contributed by atoms with van der Waals surface area (Å²) in [5.74, 6) is -0.569. The van der Waals surface area contributed by atoms with Gasteiger partial charge in [-0.05, 0) is 63.2 Å². The first kappa shape index (κ1) is 25.5. The second-order valence-corrected chi connectivity index (χ2v) is 9.83. The highest BCUT2D eigenvalue weighted by molar-refractivity contribution is 7.92. The Kier molecular flexibility index (Phi) is 7.30. The lowest BCUT2D eigenvalue weighted by Crippen LogP contribution is -2.21. The molecule has 4 aromatic rings. The lowest BCUT2D eigenvalue weighted by atomic mass is 10.1. The molecule has 1 amide bonds. The molecular weight excluding hydrogens is 496 g/mol. The molecule has 0 saturated carbocycles. The summed E-state index contributed by atoms with van der Waals surface area (Å²) < 4.78 is 32.5. The van der Waals surface area contributed by atoms with Crippen LogP contribution < -0.4 is 10.0 Å². The standard InChI is InChI=1S/C25H24N6O5S/c1-15-12-13-26-25(27-15)31-37(34,35)21-10-8-20(9-11-21)30-22(32)14-36-24(33)19-6-4-18(5-7-19)23-28-16(2)17(3)29-23/h4-13H,14H2,1-3H3,(H,28,29)(H,30,32)(H,26,27,31). The van der Waals surface area contributed by atoms with E-state index in [1.165, 1.54) is 30.5 Å². The quantitative estimate of drug-likeness (QED) is 0.299. The highest BCUT2D eigenvalue weighted by atomic mass is 32.2. The number of rotatable bonds is 8. The summed E-state index contributed by atoms with van der Waals surface area (Å²) in [5, 5.41) is 2.55. The number of nitrogens with zero attached hydrogens (tertiary/aromatic N) is 3. The molecule has 0 spiro atoms. The number of nitrogens with one attached hydrogen (secondary N) is 3. The van der Waals surface area contributed by atoms with Crippen molar-refractivity contribution in [3.8, 4) is 11.4 Å². The Hall–Kier alpha value is -4.58. The monoisotopic (exact) mass is 520 g/mol. The van der Waals surface area contributed by atoms with Crippen LogP contribution in [0.3, 0.4) is 0 Å². The number of hydrogen-bond acceptors (Lipinski definition) is 8. The van der Waals surface area contributed by atoms with Crippen molar-refractivity contribution in [1.82, 2.24) is 19.9 Å². The van der Waals surface area contributed by atoms with Gasteiger partial charge < -0.3 is 15.0 Å². The molecule has 0 fully saturated rings. The van der Waals surface area contributed by atoms with Crippen LogP contribution in [0.5, 0.6) is 0 Å². The Morgan fingerprint density at radius 2 is 1.65 bits per heavy atom. The Labute approximate surface area is 213 Å². The fourth-order valence-corrected chi connectivity index (χ4v) is 4.21. The molecule has 0 atom stereocenters. The average Bonchev–Trinajstić information content (AvgIpc) is 3.20. The van der Waals surface area contributed by atoms with Crippen LogP contribution in [0.15, 0.2) is 65.7 Å². The summed E-state index contributed by atoms with van der Waals surface area (Å²) >= 11 is 0. The van der Waals surface area contributed by atoms with E-state index in [1.54, 1.807) is 37.3 Å². The lowest BCUT2D eigenvalue weighted by molar-refractivity contribution is -0.119. The summed E-state index contributed by atoms with van der Waals surface area (Å²) in [6.07, 6.45) is 1.45. The van der Waals surface area contributed by atoms with Crippen molar-refractivity contribution in [2.45, 2.75) is 25.7 Å². The number of imidazole rings is 1. The van der Waals surface area contributed by atoms with E-state index in [0.29, 0.717) is 17.2 Å². The predicted molar refractivity (Wildman–Crippen MR) is 136 cm³/mol. The fraction of sp³-hybridized carbons (Fsp3) is 0.160. The number of H-pyrrole nitrogens is 1. The maximum atomic E-state index is 12.5. The van der Waals surface area contributed by atoms with E-state index < -0.39 is 28.5 Å². The molecule has 2 aromatic carbocycles. The third kappa shape index (κ3) is 6.35. The molecule has 0 radical (unpaired) electrons. The molecule has 0 aliphatic rings. The molecule has 3 N–H and O–H groups in total. The van der Waals surface area contributed by atoms with Crippen molar-refractivity contribution >= 4 is 33.5 Å². The number of benzene rings is 2. The van der Waals surface area contributed by atoms with Gasteiger partial charge in [0, 0.05) is 28.8 Å². The van der Waals surface area contributed by atoms with Gasteiger partial charge in [-0.25, -0.2) is 32.9 Å². The molecule has 0 aliphatic carbocycles. The SMILES string of the molecule is Cc1ccnc(NS(=O)(=O)c2ccc(NC(=O)COC(=O)c3ccc(-c4nc(C)c(C)[nH]4)cc3)cc2)n1. The van der Waals surface area contributed by atoms with E-state index >= 15 is 0 Å². The normalized spacial score (nSPS) is 11.1. The highest BCUT2D eigenvalue weighted by Crippen LogP contribution is 2.19. The van der Waals surface area contributed by atoms with E-state index in [9.17, 15) is 18.0 Å². The number of carbonyl (C=O) groups is 2. The number of ether oxygens (including phenoxy) is 1. The van der Waals surface area contributed by atoms with Crippen LogP contribution in [0.25, 0.3) is 11.4 Å². The van der Waals surface area contributed by atoms with Gasteiger partial charge in [-0.1, -0.05) is 12.1 Å². The number of aromatic amines is 1. The van der Waals surface area contributed by atoms with E-state index in [4.69, 9.17) is 4.74 Å². The molecule has 0 bridgehead atoms. The molecule has 0 aliphatic heterocycles. The minimum absolute atomic E-state index is 0.0367. The first-order valence-corrected chi connectivity index (χ1v) is 12.6. The highest BCUT2D eigenvalue weighted by Gasteiger charge is 2.16. The maximum Gasteiger partial charge on any atom is 0.338 e. The molecule has 190 valence electrons. The van der Waals surface area contributed by atoms with Crippen LogP contribution in [0.2, 0.25) is 0 Å². The Bertz CT molecular complexity index is 1530. The molecular formula is C25H24N6O5S. The molecule has 37 heavy (non-hydrogen) atoms. The Morgan fingerprint density at radius 1 is 0.946 bits per heavy atom. The van der Waals surface area contributed by atoms with E-state index in [1.807, 2.05) is 13.8 Å².